The van der Waals surface area contributed by atoms with Crippen LogP contribution >= 0.6 is 0 Å². The highest BCUT2D eigenvalue weighted by atomic mass is 16.6. The van der Waals surface area contributed by atoms with Crippen molar-refractivity contribution in [2.45, 2.75) is 33.2 Å². The van der Waals surface area contributed by atoms with Crippen LogP contribution in [0.3, 0.4) is 0 Å². The number of carbonyl (C=O) groups excluding carboxylic acids is 2. The number of carbonyl (C=O) groups is 2. The molecule has 4 N–H and O–H groups in total. The fourth-order valence-corrected chi connectivity index (χ4v) is 4.26. The second-order valence-electron chi connectivity index (χ2n) is 9.37. The van der Waals surface area contributed by atoms with E-state index in [0.717, 1.165) is 21.8 Å². The minimum atomic E-state index is -0.0518. The van der Waals surface area contributed by atoms with Gasteiger partial charge in [-0.3, -0.25) is 9.59 Å². The van der Waals surface area contributed by atoms with Crippen LogP contribution in [0.5, 0.6) is 0 Å². The van der Waals surface area contributed by atoms with Gasteiger partial charge in [-0.2, -0.15) is 4.57 Å². The minimum absolute atomic E-state index is 0. The van der Waals surface area contributed by atoms with Crippen molar-refractivity contribution in [1.82, 2.24) is 10.6 Å². The third kappa shape index (κ3) is 12.4. The normalized spacial score (nSPS) is 10.7. The van der Waals surface area contributed by atoms with E-state index in [1.54, 1.807) is 13.1 Å². The number of rotatable bonds is 20. The smallest absolute Gasteiger partial charge is 0.222 e. The van der Waals surface area contributed by atoms with E-state index in [-0.39, 0.29) is 19.2 Å². The zero-order chi connectivity index (χ0) is 30.0. The summed E-state index contributed by atoms with van der Waals surface area (Å²) in [6.07, 6.45) is 1.31. The zero-order valence-electron chi connectivity index (χ0n) is 24.0. The van der Waals surface area contributed by atoms with Crippen LogP contribution in [-0.2, 0) is 35.1 Å². The maximum atomic E-state index is 12.4. The number of nitrogens with one attached hydrogen (secondary N) is 2. The Morgan fingerprint density at radius 1 is 0.837 bits per heavy atom. The van der Waals surface area contributed by atoms with Crippen LogP contribution < -0.4 is 20.9 Å². The first kappa shape index (κ1) is 35.2. The Morgan fingerprint density at radius 2 is 1.44 bits per heavy atom. The van der Waals surface area contributed by atoms with Crippen molar-refractivity contribution >= 4 is 45.0 Å². The number of amides is 2. The lowest BCUT2D eigenvalue weighted by Crippen LogP contribution is -2.36. The number of benzene rings is 2. The van der Waals surface area contributed by atoms with Gasteiger partial charge in [-0.15, -0.1) is 0 Å². The van der Waals surface area contributed by atoms with E-state index >= 15 is 0 Å². The summed E-state index contributed by atoms with van der Waals surface area (Å²) in [7, 11) is 1.59. The molecule has 0 saturated carbocycles. The molecule has 0 aliphatic carbocycles. The van der Waals surface area contributed by atoms with E-state index in [9.17, 15) is 9.59 Å². The third-order valence-corrected chi connectivity index (χ3v) is 6.34. The second kappa shape index (κ2) is 20.0. The SMILES string of the molecule is C.CNC(=O)CCOCCOCCOCCOCCNC(=O)CCC[n+]1c2cc(N)ccc2cc2ccc(N=[N+]=[N-])cc21. The van der Waals surface area contributed by atoms with Gasteiger partial charge in [-0.25, -0.2) is 0 Å². The van der Waals surface area contributed by atoms with E-state index in [4.69, 9.17) is 30.2 Å². The highest BCUT2D eigenvalue weighted by molar-refractivity contribution is 5.91. The molecular weight excluding hydrogens is 554 g/mol. The number of nitrogens with zero attached hydrogens (tertiary/aromatic N) is 4. The van der Waals surface area contributed by atoms with Crippen LogP contribution in [0, 0.1) is 0 Å². The first-order valence-corrected chi connectivity index (χ1v) is 14.0. The molecule has 3 rings (SSSR count). The van der Waals surface area contributed by atoms with Gasteiger partial charge < -0.3 is 35.3 Å². The zero-order valence-corrected chi connectivity index (χ0v) is 24.0. The van der Waals surface area contributed by atoms with E-state index in [2.05, 4.69) is 31.3 Å². The Labute approximate surface area is 252 Å². The molecule has 234 valence electrons. The largest absolute Gasteiger partial charge is 0.399 e. The van der Waals surface area contributed by atoms with Gasteiger partial charge in [0, 0.05) is 72.0 Å². The lowest BCUT2D eigenvalue weighted by Gasteiger charge is -2.09. The Balaban J connectivity index is 0.00000645. The number of nitrogen functional groups attached to an aromatic ring is 1. The van der Waals surface area contributed by atoms with Crippen LogP contribution in [0.1, 0.15) is 26.7 Å². The van der Waals surface area contributed by atoms with Crippen LogP contribution in [-0.4, -0.2) is 78.3 Å². The van der Waals surface area contributed by atoms with Gasteiger partial charge in [0.2, 0.25) is 22.8 Å². The molecule has 13 heteroatoms. The molecule has 0 unspecified atom stereocenters. The van der Waals surface area contributed by atoms with Gasteiger partial charge in [0.15, 0.2) is 0 Å². The average Bonchev–Trinajstić information content (AvgIpc) is 2.99. The van der Waals surface area contributed by atoms with E-state index < -0.39 is 0 Å². The Hall–Kier alpha value is -4.00. The van der Waals surface area contributed by atoms with Crippen LogP contribution in [0.2, 0.25) is 0 Å². The van der Waals surface area contributed by atoms with Gasteiger partial charge >= 0.3 is 0 Å². The van der Waals surface area contributed by atoms with Crippen LogP contribution in [0.4, 0.5) is 11.4 Å². The molecule has 0 aliphatic heterocycles. The van der Waals surface area contributed by atoms with E-state index in [1.165, 1.54) is 0 Å². The van der Waals surface area contributed by atoms with Gasteiger partial charge in [0.1, 0.15) is 6.54 Å². The molecule has 0 radical (unpaired) electrons. The summed E-state index contributed by atoms with van der Waals surface area (Å²) in [5, 5.41) is 11.2. The van der Waals surface area contributed by atoms with Gasteiger partial charge in [0.05, 0.1) is 52.9 Å². The summed E-state index contributed by atoms with van der Waals surface area (Å²) in [6, 6.07) is 13.4. The first-order valence-electron chi connectivity index (χ1n) is 14.0. The number of azide groups is 1. The van der Waals surface area contributed by atoms with Crippen molar-refractivity contribution in [2.24, 2.45) is 5.11 Å². The van der Waals surface area contributed by atoms with Gasteiger partial charge in [-0.05, 0) is 29.8 Å². The molecule has 0 bridgehead atoms. The Bertz CT molecular complexity index is 1360. The second-order valence-corrected chi connectivity index (χ2v) is 9.37. The number of anilines is 1. The van der Waals surface area contributed by atoms with Gasteiger partial charge in [0.25, 0.3) is 0 Å². The number of pyridine rings is 1. The summed E-state index contributed by atoms with van der Waals surface area (Å²) >= 11 is 0. The molecule has 43 heavy (non-hydrogen) atoms. The molecule has 1 aromatic heterocycles. The lowest BCUT2D eigenvalue weighted by atomic mass is 10.1. The van der Waals surface area contributed by atoms with Crippen molar-refractivity contribution < 1.29 is 33.1 Å². The molecular formula is C30H44N7O6+. The molecule has 2 amide bonds. The Morgan fingerprint density at radius 3 is 2.09 bits per heavy atom. The molecule has 0 saturated heterocycles. The fourth-order valence-electron chi connectivity index (χ4n) is 4.26. The van der Waals surface area contributed by atoms with Crippen LogP contribution in [0.15, 0.2) is 47.6 Å². The molecule has 0 spiro atoms. The minimum Gasteiger partial charge on any atom is -0.399 e. The number of aryl methyl sites for hydroxylation is 1. The lowest BCUT2D eigenvalue weighted by molar-refractivity contribution is -0.645. The van der Waals surface area contributed by atoms with Crippen molar-refractivity contribution in [3.63, 3.8) is 0 Å². The number of hydrogen-bond acceptors (Lipinski definition) is 8. The summed E-state index contributed by atoms with van der Waals surface area (Å²) in [5.74, 6) is -0.102. The van der Waals surface area contributed by atoms with Crippen LogP contribution in [0.25, 0.3) is 32.2 Å². The van der Waals surface area contributed by atoms with Gasteiger partial charge in [-0.1, -0.05) is 18.6 Å². The molecule has 3 aromatic rings. The number of hydrogen-bond donors (Lipinski definition) is 3. The molecule has 1 heterocycles. The van der Waals surface area contributed by atoms with E-state index in [0.29, 0.717) is 96.6 Å². The third-order valence-electron chi connectivity index (χ3n) is 6.34. The summed E-state index contributed by atoms with van der Waals surface area (Å²) < 4.78 is 23.8. The predicted molar refractivity (Wildman–Crippen MR) is 166 cm³/mol. The number of aromatic nitrogens is 1. The standard InChI is InChI=1S/C29H39N7O6.CH4/c1-32-28(37)8-11-39-13-15-41-17-18-42-16-14-40-12-9-33-29(38)3-2-10-36-26-20-24(30)6-4-22(26)19-23-5-7-25(34-35-31)21-27(23)36;/h4-7,19-21,30H,2-3,8-18H2,1H3,(H2,32,33,37,38);1H4/p+1. The summed E-state index contributed by atoms with van der Waals surface area (Å²) in [5.41, 5.74) is 17.9. The maximum absolute atomic E-state index is 12.4. The number of nitrogens with two attached hydrogens (primary N) is 1. The average molecular weight is 599 g/mol. The topological polar surface area (TPSA) is 174 Å². The molecule has 0 aliphatic rings. The maximum Gasteiger partial charge on any atom is 0.222 e. The highest BCUT2D eigenvalue weighted by Crippen LogP contribution is 2.24. The summed E-state index contributed by atoms with van der Waals surface area (Å²) in [6.45, 7) is 4.39. The summed E-state index contributed by atoms with van der Waals surface area (Å²) in [4.78, 5) is 26.4. The molecule has 0 atom stereocenters. The quantitative estimate of drug-likeness (QED) is 0.0339. The van der Waals surface area contributed by atoms with Crippen molar-refractivity contribution in [3.8, 4) is 0 Å². The number of ether oxygens (including phenoxy) is 4. The number of fused-ring (bicyclic) bond motifs is 2. The molecule has 0 fully saturated rings. The first-order chi connectivity index (χ1) is 20.5. The Kier molecular flexibility index (Phi) is 16.4. The molecule has 2 aromatic carbocycles. The van der Waals surface area contributed by atoms with Crippen molar-refractivity contribution in [2.75, 3.05) is 72.2 Å². The van der Waals surface area contributed by atoms with Crippen molar-refractivity contribution in [1.29, 1.82) is 0 Å². The highest BCUT2D eigenvalue weighted by Gasteiger charge is 2.17. The van der Waals surface area contributed by atoms with Crippen molar-refractivity contribution in [3.05, 3.63) is 52.9 Å². The van der Waals surface area contributed by atoms with E-state index in [1.807, 2.05) is 30.3 Å². The molecule has 13 nitrogen and oxygen atoms in total. The fraction of sp³-hybridized carbons (Fsp3) is 0.500. The predicted octanol–water partition coefficient (Wildman–Crippen LogP) is 3.54. The monoisotopic (exact) mass is 598 g/mol.